The molecule has 2 aliphatic rings. The number of allylic oxidation sites excluding steroid dienone is 2. The molecule has 0 aromatic heterocycles. The first-order chi connectivity index (χ1) is 6.25. The standard InChI is InChI=1S/C10H17FN2/c1-8-5-6-13(7-10(8)11)12-9-3-2-4-9/h3,8,10,12H,2,4-7H2,1H3. The van der Waals surface area contributed by atoms with E-state index in [0.29, 0.717) is 6.54 Å². The Kier molecular flexibility index (Phi) is 2.54. The van der Waals surface area contributed by atoms with Gasteiger partial charge in [0.1, 0.15) is 6.17 Å². The molecule has 1 aliphatic heterocycles. The van der Waals surface area contributed by atoms with Crippen LogP contribution in [0.15, 0.2) is 11.8 Å². The van der Waals surface area contributed by atoms with Crippen molar-refractivity contribution in [2.45, 2.75) is 32.4 Å². The van der Waals surface area contributed by atoms with E-state index in [-0.39, 0.29) is 5.92 Å². The Hall–Kier alpha value is -0.570. The number of nitrogens with zero attached hydrogens (tertiary/aromatic N) is 1. The summed E-state index contributed by atoms with van der Waals surface area (Å²) in [6.45, 7) is 3.50. The van der Waals surface area contributed by atoms with E-state index in [1.54, 1.807) is 0 Å². The first-order valence-electron chi connectivity index (χ1n) is 5.10. The van der Waals surface area contributed by atoms with Gasteiger partial charge in [-0.15, -0.1) is 0 Å². The quantitative estimate of drug-likeness (QED) is 0.704. The molecule has 2 nitrogen and oxygen atoms in total. The first kappa shape index (κ1) is 9.00. The van der Waals surface area contributed by atoms with Gasteiger partial charge in [-0.25, -0.2) is 9.40 Å². The van der Waals surface area contributed by atoms with Gasteiger partial charge in [0, 0.05) is 18.8 Å². The first-order valence-corrected chi connectivity index (χ1v) is 5.10. The molecule has 1 heterocycles. The average Bonchev–Trinajstić information content (AvgIpc) is 2.04. The summed E-state index contributed by atoms with van der Waals surface area (Å²) >= 11 is 0. The molecule has 0 bridgehead atoms. The van der Waals surface area contributed by atoms with Crippen LogP contribution in [0, 0.1) is 5.92 Å². The second-order valence-corrected chi connectivity index (χ2v) is 4.11. The second kappa shape index (κ2) is 3.66. The van der Waals surface area contributed by atoms with Crippen molar-refractivity contribution < 1.29 is 4.39 Å². The normalized spacial score (nSPS) is 35.1. The van der Waals surface area contributed by atoms with Gasteiger partial charge < -0.3 is 5.43 Å². The summed E-state index contributed by atoms with van der Waals surface area (Å²) in [5.74, 6) is 0.230. The molecule has 3 heteroatoms. The largest absolute Gasteiger partial charge is 0.323 e. The molecule has 0 aromatic carbocycles. The fraction of sp³-hybridized carbons (Fsp3) is 0.800. The van der Waals surface area contributed by atoms with Crippen LogP contribution >= 0.6 is 0 Å². The average molecular weight is 184 g/mol. The van der Waals surface area contributed by atoms with Gasteiger partial charge in [0.05, 0.1) is 0 Å². The van der Waals surface area contributed by atoms with E-state index < -0.39 is 6.17 Å². The van der Waals surface area contributed by atoms with Crippen LogP contribution < -0.4 is 5.43 Å². The molecule has 0 radical (unpaired) electrons. The Morgan fingerprint density at radius 2 is 2.38 bits per heavy atom. The highest BCUT2D eigenvalue weighted by Crippen LogP contribution is 2.21. The molecule has 1 fully saturated rings. The summed E-state index contributed by atoms with van der Waals surface area (Å²) in [6.07, 6.45) is 4.77. The fourth-order valence-corrected chi connectivity index (χ4v) is 1.72. The van der Waals surface area contributed by atoms with Crippen LogP contribution in [-0.4, -0.2) is 24.3 Å². The van der Waals surface area contributed by atoms with Crippen molar-refractivity contribution in [3.05, 3.63) is 11.8 Å². The molecule has 1 saturated heterocycles. The van der Waals surface area contributed by atoms with Gasteiger partial charge in [-0.2, -0.15) is 0 Å². The van der Waals surface area contributed by atoms with Crippen molar-refractivity contribution in [3.63, 3.8) is 0 Å². The predicted molar refractivity (Wildman–Crippen MR) is 50.7 cm³/mol. The van der Waals surface area contributed by atoms with Crippen LogP contribution in [0.25, 0.3) is 0 Å². The second-order valence-electron chi connectivity index (χ2n) is 4.11. The Bertz CT molecular complexity index is 215. The highest BCUT2D eigenvalue weighted by molar-refractivity contribution is 5.09. The predicted octanol–water partition coefficient (Wildman–Crippen LogP) is 1.85. The van der Waals surface area contributed by atoms with Crippen molar-refractivity contribution >= 4 is 0 Å². The molecule has 0 spiro atoms. The van der Waals surface area contributed by atoms with Gasteiger partial charge in [0.2, 0.25) is 0 Å². The lowest BCUT2D eigenvalue weighted by Crippen LogP contribution is -2.48. The molecule has 74 valence electrons. The Morgan fingerprint density at radius 1 is 1.62 bits per heavy atom. The SMILES string of the molecule is CC1CCN(NC2=CCC2)CC1F. The lowest BCUT2D eigenvalue weighted by atomic mass is 9.98. The Morgan fingerprint density at radius 3 is 2.92 bits per heavy atom. The van der Waals surface area contributed by atoms with Crippen LogP contribution in [0.2, 0.25) is 0 Å². The maximum absolute atomic E-state index is 13.3. The molecular formula is C10H17FN2. The minimum absolute atomic E-state index is 0.230. The van der Waals surface area contributed by atoms with Gasteiger partial charge in [-0.05, 0) is 25.2 Å². The monoisotopic (exact) mass is 184 g/mol. The van der Waals surface area contributed by atoms with Crippen molar-refractivity contribution in [1.29, 1.82) is 0 Å². The number of nitrogens with one attached hydrogen (secondary N) is 1. The van der Waals surface area contributed by atoms with Gasteiger partial charge in [-0.1, -0.05) is 13.0 Å². The maximum Gasteiger partial charge on any atom is 0.117 e. The third-order valence-electron chi connectivity index (χ3n) is 2.97. The molecule has 2 atom stereocenters. The van der Waals surface area contributed by atoms with Gasteiger partial charge in [0.15, 0.2) is 0 Å². The topological polar surface area (TPSA) is 15.3 Å². The summed E-state index contributed by atoms with van der Waals surface area (Å²) in [4.78, 5) is 0. The van der Waals surface area contributed by atoms with Crippen molar-refractivity contribution in [2.24, 2.45) is 5.92 Å². The zero-order valence-corrected chi connectivity index (χ0v) is 8.09. The molecule has 2 unspecified atom stereocenters. The molecule has 0 aromatic rings. The van der Waals surface area contributed by atoms with E-state index in [4.69, 9.17) is 0 Å². The summed E-state index contributed by atoms with van der Waals surface area (Å²) in [6, 6.07) is 0. The van der Waals surface area contributed by atoms with Gasteiger partial charge >= 0.3 is 0 Å². The van der Waals surface area contributed by atoms with Crippen molar-refractivity contribution in [1.82, 2.24) is 10.4 Å². The number of hydrazine groups is 1. The molecule has 2 rings (SSSR count). The van der Waals surface area contributed by atoms with Crippen molar-refractivity contribution in [2.75, 3.05) is 13.1 Å². The zero-order chi connectivity index (χ0) is 9.26. The van der Waals surface area contributed by atoms with E-state index in [1.165, 1.54) is 12.1 Å². The van der Waals surface area contributed by atoms with Crippen molar-refractivity contribution in [3.8, 4) is 0 Å². The van der Waals surface area contributed by atoms with Gasteiger partial charge in [0.25, 0.3) is 0 Å². The smallest absolute Gasteiger partial charge is 0.117 e. The number of piperidine rings is 1. The van der Waals surface area contributed by atoms with Crippen LogP contribution in [0.1, 0.15) is 26.2 Å². The fourth-order valence-electron chi connectivity index (χ4n) is 1.72. The summed E-state index contributed by atoms with van der Waals surface area (Å²) < 4.78 is 13.3. The highest BCUT2D eigenvalue weighted by Gasteiger charge is 2.26. The van der Waals surface area contributed by atoms with Crippen LogP contribution in [0.4, 0.5) is 4.39 Å². The Balaban J connectivity index is 1.81. The van der Waals surface area contributed by atoms with Crippen LogP contribution in [0.3, 0.4) is 0 Å². The van der Waals surface area contributed by atoms with E-state index in [2.05, 4.69) is 11.5 Å². The van der Waals surface area contributed by atoms with Crippen LogP contribution in [0.5, 0.6) is 0 Å². The summed E-state index contributed by atoms with van der Waals surface area (Å²) in [5, 5.41) is 2.01. The molecule has 1 aliphatic carbocycles. The number of rotatable bonds is 2. The minimum atomic E-state index is -0.665. The molecule has 1 N–H and O–H groups in total. The number of alkyl halides is 1. The molecule has 0 saturated carbocycles. The zero-order valence-electron chi connectivity index (χ0n) is 8.09. The van der Waals surface area contributed by atoms with E-state index in [9.17, 15) is 4.39 Å². The van der Waals surface area contributed by atoms with E-state index in [0.717, 1.165) is 19.4 Å². The number of hydrogen-bond donors (Lipinski definition) is 1. The lowest BCUT2D eigenvalue weighted by Gasteiger charge is -2.35. The van der Waals surface area contributed by atoms with E-state index in [1.807, 2.05) is 11.9 Å². The summed E-state index contributed by atoms with van der Waals surface area (Å²) in [7, 11) is 0. The van der Waals surface area contributed by atoms with Crippen LogP contribution in [-0.2, 0) is 0 Å². The third-order valence-corrected chi connectivity index (χ3v) is 2.97. The Labute approximate surface area is 78.8 Å². The lowest BCUT2D eigenvalue weighted by molar-refractivity contribution is 0.0643. The molecular weight excluding hydrogens is 167 g/mol. The maximum atomic E-state index is 13.3. The number of halogens is 1. The molecule has 13 heavy (non-hydrogen) atoms. The minimum Gasteiger partial charge on any atom is -0.323 e. The molecule has 0 amide bonds. The number of hydrogen-bond acceptors (Lipinski definition) is 2. The highest BCUT2D eigenvalue weighted by atomic mass is 19.1. The van der Waals surface area contributed by atoms with E-state index >= 15 is 0 Å². The third kappa shape index (κ3) is 2.02. The summed E-state index contributed by atoms with van der Waals surface area (Å²) in [5.41, 5.74) is 4.53. The van der Waals surface area contributed by atoms with Gasteiger partial charge in [-0.3, -0.25) is 0 Å².